The van der Waals surface area contributed by atoms with Gasteiger partial charge in [-0.25, -0.2) is 4.79 Å². The first-order valence-electron chi connectivity index (χ1n) is 5.09. The zero-order valence-electron chi connectivity index (χ0n) is 8.77. The van der Waals surface area contributed by atoms with E-state index in [1.54, 1.807) is 18.2 Å². The van der Waals surface area contributed by atoms with Gasteiger partial charge in [-0.3, -0.25) is 0 Å². The number of hydrogen-bond acceptors (Lipinski definition) is 4. The molecule has 0 aliphatic carbocycles. The first-order valence-corrected chi connectivity index (χ1v) is 5.09. The SMILES string of the molecule is O=[C]Oc1cccc2c1Nc1ccccc1O2. The lowest BCUT2D eigenvalue weighted by Gasteiger charge is -2.22. The van der Waals surface area contributed by atoms with Crippen LogP contribution in [0.5, 0.6) is 17.2 Å². The molecule has 1 heterocycles. The van der Waals surface area contributed by atoms with Crippen LogP contribution in [0.25, 0.3) is 0 Å². The Kier molecular flexibility index (Phi) is 2.19. The highest BCUT2D eigenvalue weighted by Crippen LogP contribution is 2.45. The van der Waals surface area contributed by atoms with Crippen molar-refractivity contribution >= 4 is 17.8 Å². The van der Waals surface area contributed by atoms with Crippen LogP contribution in [-0.2, 0) is 4.79 Å². The van der Waals surface area contributed by atoms with Crippen molar-refractivity contribution in [2.24, 2.45) is 0 Å². The van der Waals surface area contributed by atoms with E-state index in [0.29, 0.717) is 17.2 Å². The first-order chi connectivity index (χ1) is 8.38. The number of hydrogen-bond donors (Lipinski definition) is 1. The molecule has 0 saturated heterocycles. The Bertz CT molecular complexity index is 581. The van der Waals surface area contributed by atoms with Gasteiger partial charge in [0.05, 0.1) is 5.69 Å². The van der Waals surface area contributed by atoms with Gasteiger partial charge in [-0.2, -0.15) is 0 Å². The zero-order chi connectivity index (χ0) is 11.7. The number of benzene rings is 2. The second-order valence-corrected chi connectivity index (χ2v) is 3.54. The van der Waals surface area contributed by atoms with E-state index in [2.05, 4.69) is 5.32 Å². The Labute approximate surface area is 97.8 Å². The van der Waals surface area contributed by atoms with Crippen molar-refractivity contribution < 1.29 is 14.3 Å². The molecule has 2 aromatic carbocycles. The number of carbonyl (C=O) groups excluding carboxylic acids is 1. The van der Waals surface area contributed by atoms with E-state index in [0.717, 1.165) is 11.4 Å². The molecular formula is C13H8NO3. The van der Waals surface area contributed by atoms with Crippen LogP contribution in [0.1, 0.15) is 0 Å². The number of anilines is 2. The summed E-state index contributed by atoms with van der Waals surface area (Å²) in [4.78, 5) is 10.3. The summed E-state index contributed by atoms with van der Waals surface area (Å²) in [6, 6.07) is 12.8. The van der Waals surface area contributed by atoms with Crippen molar-refractivity contribution in [1.82, 2.24) is 0 Å². The molecule has 0 bridgehead atoms. The van der Waals surface area contributed by atoms with E-state index in [4.69, 9.17) is 9.47 Å². The van der Waals surface area contributed by atoms with E-state index in [9.17, 15) is 4.79 Å². The van der Waals surface area contributed by atoms with Gasteiger partial charge in [0.1, 0.15) is 5.69 Å². The zero-order valence-corrected chi connectivity index (χ0v) is 8.77. The largest absolute Gasteiger partial charge is 0.453 e. The van der Waals surface area contributed by atoms with Crippen molar-refractivity contribution in [3.05, 3.63) is 42.5 Å². The average Bonchev–Trinajstić information content (AvgIpc) is 2.37. The van der Waals surface area contributed by atoms with Gasteiger partial charge in [-0.15, -0.1) is 0 Å². The molecule has 4 nitrogen and oxygen atoms in total. The molecule has 83 valence electrons. The van der Waals surface area contributed by atoms with Crippen molar-refractivity contribution in [1.29, 1.82) is 0 Å². The molecule has 0 aromatic heterocycles. The summed E-state index contributed by atoms with van der Waals surface area (Å²) in [5.41, 5.74) is 1.47. The quantitative estimate of drug-likeness (QED) is 0.729. The maximum Gasteiger partial charge on any atom is 0.423 e. The molecule has 0 fully saturated rings. The maximum atomic E-state index is 10.3. The predicted octanol–water partition coefficient (Wildman–Crippen LogP) is 2.98. The van der Waals surface area contributed by atoms with Gasteiger partial charge in [0, 0.05) is 0 Å². The molecule has 1 N–H and O–H groups in total. The van der Waals surface area contributed by atoms with E-state index in [-0.39, 0.29) is 0 Å². The second-order valence-electron chi connectivity index (χ2n) is 3.54. The summed E-state index contributed by atoms with van der Waals surface area (Å²) in [6.45, 7) is 1.41. The van der Waals surface area contributed by atoms with Crippen LogP contribution in [0.2, 0.25) is 0 Å². The lowest BCUT2D eigenvalue weighted by Crippen LogP contribution is -2.04. The van der Waals surface area contributed by atoms with Crippen molar-refractivity contribution in [2.75, 3.05) is 5.32 Å². The van der Waals surface area contributed by atoms with Gasteiger partial charge >= 0.3 is 6.47 Å². The summed E-state index contributed by atoms with van der Waals surface area (Å²) in [6.07, 6.45) is 0. The van der Waals surface area contributed by atoms with Crippen LogP contribution in [0.15, 0.2) is 42.5 Å². The third kappa shape index (κ3) is 1.59. The molecule has 0 unspecified atom stereocenters. The molecule has 0 amide bonds. The molecule has 4 heteroatoms. The van der Waals surface area contributed by atoms with E-state index in [1.165, 1.54) is 6.47 Å². The molecular weight excluding hydrogens is 218 g/mol. The number of rotatable bonds is 2. The van der Waals surface area contributed by atoms with Crippen LogP contribution < -0.4 is 14.8 Å². The van der Waals surface area contributed by atoms with Crippen LogP contribution in [0, 0.1) is 0 Å². The van der Waals surface area contributed by atoms with E-state index < -0.39 is 0 Å². The summed E-state index contributed by atoms with van der Waals surface area (Å²) in [5, 5.41) is 3.16. The molecule has 1 radical (unpaired) electrons. The summed E-state index contributed by atoms with van der Waals surface area (Å²) in [7, 11) is 0. The number of para-hydroxylation sites is 3. The van der Waals surface area contributed by atoms with E-state index >= 15 is 0 Å². The Morgan fingerprint density at radius 1 is 1.06 bits per heavy atom. The minimum atomic E-state index is 0.395. The fourth-order valence-corrected chi connectivity index (χ4v) is 1.76. The van der Waals surface area contributed by atoms with Gasteiger partial charge < -0.3 is 14.8 Å². The van der Waals surface area contributed by atoms with Crippen molar-refractivity contribution in [2.45, 2.75) is 0 Å². The molecule has 2 aromatic rings. The minimum Gasteiger partial charge on any atom is -0.453 e. The van der Waals surface area contributed by atoms with Crippen LogP contribution in [0.3, 0.4) is 0 Å². The third-order valence-corrected chi connectivity index (χ3v) is 2.51. The average molecular weight is 226 g/mol. The monoisotopic (exact) mass is 226 g/mol. The number of ether oxygens (including phenoxy) is 2. The van der Waals surface area contributed by atoms with Crippen LogP contribution in [0.4, 0.5) is 11.4 Å². The number of nitrogens with one attached hydrogen (secondary N) is 1. The highest BCUT2D eigenvalue weighted by atomic mass is 16.5. The van der Waals surface area contributed by atoms with Crippen LogP contribution >= 0.6 is 0 Å². The van der Waals surface area contributed by atoms with Crippen molar-refractivity contribution in [3.63, 3.8) is 0 Å². The molecule has 1 aliphatic heterocycles. The molecule has 1 aliphatic rings. The molecule has 3 rings (SSSR count). The Morgan fingerprint density at radius 3 is 2.76 bits per heavy atom. The van der Waals surface area contributed by atoms with Crippen LogP contribution in [-0.4, -0.2) is 6.47 Å². The summed E-state index contributed by atoms with van der Waals surface area (Å²) < 4.78 is 10.5. The normalized spacial score (nSPS) is 11.5. The highest BCUT2D eigenvalue weighted by molar-refractivity contribution is 5.80. The Hall–Kier alpha value is -2.49. The lowest BCUT2D eigenvalue weighted by molar-refractivity contribution is 0.438. The highest BCUT2D eigenvalue weighted by Gasteiger charge is 2.19. The van der Waals surface area contributed by atoms with Gasteiger partial charge in [-0.1, -0.05) is 18.2 Å². The Balaban J connectivity index is 2.08. The number of fused-ring (bicyclic) bond motifs is 2. The fraction of sp³-hybridized carbons (Fsp3) is 0. The standard InChI is InChI=1S/C13H8NO3/c15-8-16-11-6-3-7-12-13(11)14-9-4-1-2-5-10(9)17-12/h1-7,14H. The predicted molar refractivity (Wildman–Crippen MR) is 62.6 cm³/mol. The summed E-state index contributed by atoms with van der Waals surface area (Å²) in [5.74, 6) is 1.76. The Morgan fingerprint density at radius 2 is 1.88 bits per heavy atom. The minimum absolute atomic E-state index is 0.395. The van der Waals surface area contributed by atoms with Gasteiger partial charge in [-0.05, 0) is 24.3 Å². The molecule has 0 atom stereocenters. The smallest absolute Gasteiger partial charge is 0.423 e. The molecule has 0 spiro atoms. The summed E-state index contributed by atoms with van der Waals surface area (Å²) >= 11 is 0. The molecule has 0 saturated carbocycles. The fourth-order valence-electron chi connectivity index (χ4n) is 1.76. The lowest BCUT2D eigenvalue weighted by atomic mass is 10.2. The van der Waals surface area contributed by atoms with E-state index in [1.807, 2.05) is 24.3 Å². The second kappa shape index (κ2) is 3.83. The topological polar surface area (TPSA) is 47.6 Å². The van der Waals surface area contributed by atoms with Gasteiger partial charge in [0.25, 0.3) is 0 Å². The van der Waals surface area contributed by atoms with Gasteiger partial charge in [0.2, 0.25) is 0 Å². The van der Waals surface area contributed by atoms with Gasteiger partial charge in [0.15, 0.2) is 17.2 Å². The first kappa shape index (κ1) is 9.72. The maximum absolute atomic E-state index is 10.3. The molecule has 17 heavy (non-hydrogen) atoms. The third-order valence-electron chi connectivity index (χ3n) is 2.51. The van der Waals surface area contributed by atoms with Crippen molar-refractivity contribution in [3.8, 4) is 17.2 Å².